The van der Waals surface area contributed by atoms with Crippen molar-refractivity contribution in [2.24, 2.45) is 0 Å². The predicted molar refractivity (Wildman–Crippen MR) is 440 cm³/mol. The summed E-state index contributed by atoms with van der Waals surface area (Å²) in [7, 11) is 0. The third-order valence-electron chi connectivity index (χ3n) is 20.1. The van der Waals surface area contributed by atoms with Gasteiger partial charge in [0.1, 0.15) is 59.1 Å². The van der Waals surface area contributed by atoms with Crippen LogP contribution in [-0.4, -0.2) is 120 Å². The largest absolute Gasteiger partial charge is 0.457 e. The van der Waals surface area contributed by atoms with Crippen LogP contribution in [0, 0.1) is 0 Å². The molecule has 578 valence electrons. The van der Waals surface area contributed by atoms with Crippen molar-refractivity contribution >= 4 is 108 Å². The molecule has 2 aliphatic rings. The maximum atomic E-state index is 16.2. The topological polar surface area (TPSA) is 272 Å². The molecule has 2 aliphatic heterocycles. The van der Waals surface area contributed by atoms with Crippen LogP contribution < -0.4 is 50.0 Å². The van der Waals surface area contributed by atoms with E-state index in [1.54, 1.807) is 151 Å². The highest BCUT2D eigenvalue weighted by Gasteiger charge is 2.43. The molecule has 0 spiro atoms. The molecule has 22 nitrogen and oxygen atoms in total. The molecule has 1 unspecified atom stereocenters. The molecule has 0 bridgehead atoms. The van der Waals surface area contributed by atoms with Crippen LogP contribution in [-0.2, 0) is 54.5 Å². The first-order valence-corrected chi connectivity index (χ1v) is 37.6. The zero-order valence-electron chi connectivity index (χ0n) is 64.3. The Morgan fingerprint density at radius 2 is 0.667 bits per heavy atom. The minimum atomic E-state index is -1.85. The van der Waals surface area contributed by atoms with E-state index >= 15 is 14.4 Å². The van der Waals surface area contributed by atoms with Crippen LogP contribution in [0.2, 0.25) is 0 Å². The fourth-order valence-electron chi connectivity index (χ4n) is 14.3. The van der Waals surface area contributed by atoms with Gasteiger partial charge in [0.15, 0.2) is 6.23 Å². The Morgan fingerprint density at radius 3 is 0.974 bits per heavy atom. The zero-order chi connectivity index (χ0) is 80.8. The van der Waals surface area contributed by atoms with Gasteiger partial charge in [-0.3, -0.25) is 53.0 Å². The van der Waals surface area contributed by atoms with Gasteiger partial charge in [0.25, 0.3) is 17.7 Å². The number of rotatable bonds is 32. The summed E-state index contributed by atoms with van der Waals surface area (Å²) in [5.74, 6) is -3.55. The molecule has 2 heterocycles. The van der Waals surface area contributed by atoms with Gasteiger partial charge in [-0.25, -0.2) is 0 Å². The number of hydrogen-bond donors (Lipinski definition) is 5. The monoisotopic (exact) mass is 1530 g/mol. The number of para-hydroxylation sites is 2. The number of nitrogens with zero attached hydrogens (tertiary/aromatic N) is 4. The summed E-state index contributed by atoms with van der Waals surface area (Å²) in [5, 5.41) is 26.5. The second-order valence-corrected chi connectivity index (χ2v) is 28.3. The predicted octanol–water partition coefficient (Wildman–Crippen LogP) is 15.0. The lowest BCUT2D eigenvalue weighted by Crippen LogP contribution is -2.47. The number of nitrogens with one attached hydrogen (secondary N) is 4. The first-order valence-electron chi connectivity index (χ1n) is 37.6. The van der Waals surface area contributed by atoms with E-state index in [0.717, 1.165) is 32.1 Å². The molecule has 22 heteroatoms. The Balaban J connectivity index is 1.12. The lowest BCUT2D eigenvalue weighted by molar-refractivity contribution is -0.121. The second kappa shape index (κ2) is 33.9. The number of fused-ring (bicyclic) bond motifs is 2. The van der Waals surface area contributed by atoms with Crippen molar-refractivity contribution in [2.75, 3.05) is 62.2 Å². The number of imide groups is 1. The maximum absolute atomic E-state index is 16.2. The molecule has 9 amide bonds. The molecule has 5 N–H and O–H groups in total. The summed E-state index contributed by atoms with van der Waals surface area (Å²) >= 11 is 0. The number of carbonyl (C=O) groups excluding carboxylic acids is 9. The highest BCUT2D eigenvalue weighted by atomic mass is 16.5. The van der Waals surface area contributed by atoms with E-state index in [0.29, 0.717) is 65.9 Å². The van der Waals surface area contributed by atoms with Gasteiger partial charge in [-0.15, -0.1) is 0 Å². The van der Waals surface area contributed by atoms with Crippen LogP contribution in [0.4, 0.5) is 11.4 Å². The van der Waals surface area contributed by atoms with Gasteiger partial charge in [-0.05, 0) is 187 Å². The smallest absolute Gasteiger partial charge is 0.262 e. The Bertz CT molecular complexity index is 5560. The van der Waals surface area contributed by atoms with Gasteiger partial charge >= 0.3 is 0 Å². The summed E-state index contributed by atoms with van der Waals surface area (Å²) in [6.45, 7) is 25.4. The molecule has 13 rings (SSSR count). The number of carbonyl (C=O) groups is 9. The fourth-order valence-corrected chi connectivity index (χ4v) is 14.3. The minimum Gasteiger partial charge on any atom is -0.457 e. The number of ether oxygens (including phenoxy) is 4. The summed E-state index contributed by atoms with van der Waals surface area (Å²) in [4.78, 5) is 134. The molecule has 11 aromatic carbocycles. The standard InChI is InChI=1S/C92H86N8O14/c1-11-97(61-19-15-13-16-20-61)75(101)51-99-89(107)67-47-71(111-63-31-23-57(24-32-63)39-43-93-85(103)53(3)4)79-81-73(113-65-35-27-59(28-36-65)41-45-95-87(105)55(7)8)49-69-78-70(92(110)100(91(69)109)52-76(102)98(12-2)62-21-17-14-18-22-62)50-74(114-66-37-29-60(30-38-66)42-46-96-88(106)56(9)10)82(84(78)81)80-72(48-68(90(99)108)77(67)83(79)80)112-64-33-25-58(26-34-64)40-44-94-86(104)54(5)6/h13-38,47-50,89,107H,3,5,7,9,11-12,39-46,51-52H2,1-2,4,6,8,10H3,(H,93,103)(H,94,104)(H,95,105)(H,96,106). The molecule has 114 heavy (non-hydrogen) atoms. The van der Waals surface area contributed by atoms with Crippen molar-refractivity contribution < 1.29 is 67.2 Å². The normalized spacial score (nSPS) is 12.9. The average molecular weight is 1530 g/mol. The van der Waals surface area contributed by atoms with Gasteiger partial charge in [0.2, 0.25) is 35.4 Å². The van der Waals surface area contributed by atoms with Gasteiger partial charge < -0.3 is 55.1 Å². The molecule has 0 fully saturated rings. The van der Waals surface area contributed by atoms with E-state index in [-0.39, 0.29) is 168 Å². The van der Waals surface area contributed by atoms with E-state index < -0.39 is 48.9 Å². The van der Waals surface area contributed by atoms with Gasteiger partial charge in [-0.1, -0.05) is 111 Å². The van der Waals surface area contributed by atoms with Crippen molar-refractivity contribution in [2.45, 2.75) is 73.5 Å². The van der Waals surface area contributed by atoms with Crippen LogP contribution in [0.1, 0.15) is 107 Å². The lowest BCUT2D eigenvalue weighted by atomic mass is 9.80. The van der Waals surface area contributed by atoms with E-state index in [1.165, 1.54) is 21.9 Å². The van der Waals surface area contributed by atoms with Gasteiger partial charge in [0.05, 0.1) is 16.7 Å². The van der Waals surface area contributed by atoms with Crippen LogP contribution in [0.5, 0.6) is 46.0 Å². The Hall–Kier alpha value is -13.7. The van der Waals surface area contributed by atoms with Gasteiger partial charge in [0, 0.05) is 122 Å². The zero-order valence-corrected chi connectivity index (χ0v) is 64.3. The van der Waals surface area contributed by atoms with Crippen molar-refractivity contribution in [1.82, 2.24) is 31.1 Å². The number of aliphatic hydroxyl groups is 1. The molecule has 1 atom stereocenters. The van der Waals surface area contributed by atoms with E-state index in [2.05, 4.69) is 47.6 Å². The molecular formula is C92H86N8O14. The van der Waals surface area contributed by atoms with Gasteiger partial charge in [-0.2, -0.15) is 0 Å². The molecule has 11 aromatic rings. The number of anilines is 2. The number of benzene rings is 11. The van der Waals surface area contributed by atoms with E-state index in [1.807, 2.05) is 60.7 Å². The van der Waals surface area contributed by atoms with E-state index in [4.69, 9.17) is 18.9 Å². The quantitative estimate of drug-likeness (QED) is 0.0114. The highest BCUT2D eigenvalue weighted by Crippen LogP contribution is 2.59. The Morgan fingerprint density at radius 1 is 0.377 bits per heavy atom. The van der Waals surface area contributed by atoms with Crippen molar-refractivity contribution in [3.05, 3.63) is 275 Å². The first kappa shape index (κ1) is 78.4. The summed E-state index contributed by atoms with van der Waals surface area (Å²) in [6.07, 6.45) is -0.143. The molecular weight excluding hydrogens is 1440 g/mol. The van der Waals surface area contributed by atoms with Crippen LogP contribution >= 0.6 is 0 Å². The molecule has 0 aliphatic carbocycles. The van der Waals surface area contributed by atoms with Crippen LogP contribution in [0.15, 0.2) is 231 Å². The third-order valence-corrected chi connectivity index (χ3v) is 20.1. The van der Waals surface area contributed by atoms with Crippen LogP contribution in [0.3, 0.4) is 0 Å². The molecule has 0 radical (unpaired) electrons. The third kappa shape index (κ3) is 16.4. The lowest BCUT2D eigenvalue weighted by Gasteiger charge is -2.36. The summed E-state index contributed by atoms with van der Waals surface area (Å²) in [5.41, 5.74) is 5.82. The molecule has 0 saturated heterocycles. The maximum Gasteiger partial charge on any atom is 0.262 e. The molecule has 0 aromatic heterocycles. The SMILES string of the molecule is C=C(C)C(=O)NCCc1ccc(Oc2cc3c4c(cc(Oc5ccc(CCNC(=O)C(=C)C)cc5)c5c6c(Oc7ccc(CCNC(=O)C(=C)C)cc7)cc7c8c(cc(Oc9ccc(CCNC(=O)C(=C)C)cc9)c(c2c45)c86)C(=O)N(CC(=O)N(CC)c2ccccc2)C7O)C(=O)N(CC(=O)N(CC)c2ccccc2)C3=O)cc1. The molecule has 0 saturated carbocycles. The fraction of sp³-hybridized carbons (Fsp3) is 0.207. The van der Waals surface area contributed by atoms with Crippen LogP contribution in [0.25, 0.3) is 43.1 Å². The Kier molecular flexibility index (Phi) is 23.3. The van der Waals surface area contributed by atoms with Crippen molar-refractivity contribution in [1.29, 1.82) is 0 Å². The van der Waals surface area contributed by atoms with E-state index in [9.17, 15) is 33.9 Å². The number of amides is 9. The first-order chi connectivity index (χ1) is 54.9. The average Bonchev–Trinajstić information content (AvgIpc) is 0.671. The highest BCUT2D eigenvalue weighted by molar-refractivity contribution is 6.43. The number of aliphatic hydroxyl groups excluding tert-OH is 1. The Labute approximate surface area is 659 Å². The number of likely N-dealkylation sites (N-methyl/N-ethyl adjacent to an activating group) is 2. The summed E-state index contributed by atoms with van der Waals surface area (Å²) in [6, 6.07) is 52.6. The minimum absolute atomic E-state index is 0.00767. The second-order valence-electron chi connectivity index (χ2n) is 28.3. The summed E-state index contributed by atoms with van der Waals surface area (Å²) < 4.78 is 29.1. The van der Waals surface area contributed by atoms with Crippen molar-refractivity contribution in [3.63, 3.8) is 0 Å². The van der Waals surface area contributed by atoms with Crippen molar-refractivity contribution in [3.8, 4) is 46.0 Å². The number of hydrogen-bond acceptors (Lipinski definition) is 14.